The van der Waals surface area contributed by atoms with Crippen molar-refractivity contribution in [2.45, 2.75) is 19.3 Å². The Bertz CT molecular complexity index is 670. The van der Waals surface area contributed by atoms with Gasteiger partial charge in [-0.2, -0.15) is 0 Å². The van der Waals surface area contributed by atoms with Crippen LogP contribution in [-0.2, 0) is 9.94 Å². The molecule has 2 aromatic carbocycles. The summed E-state index contributed by atoms with van der Waals surface area (Å²) >= 11 is 0. The van der Waals surface area contributed by atoms with Crippen LogP contribution in [0.2, 0.25) is 0 Å². The summed E-state index contributed by atoms with van der Waals surface area (Å²) in [6.07, 6.45) is 1.55. The number of hydrogen-bond acceptors (Lipinski definition) is 4. The van der Waals surface area contributed by atoms with Gasteiger partial charge in [-0.1, -0.05) is 56.3 Å². The van der Waals surface area contributed by atoms with E-state index in [2.05, 4.69) is 6.58 Å². The molecule has 0 radical (unpaired) electrons. The van der Waals surface area contributed by atoms with Crippen LogP contribution >= 0.6 is 8.60 Å². The van der Waals surface area contributed by atoms with Gasteiger partial charge in [0.25, 0.3) is 0 Å². The van der Waals surface area contributed by atoms with Gasteiger partial charge in [0.1, 0.15) is 11.5 Å². The molecule has 23 heavy (non-hydrogen) atoms. The van der Waals surface area contributed by atoms with Gasteiger partial charge in [-0.15, -0.1) is 6.58 Å². The number of phenolic OH excluding ortho intramolecular Hbond substituents is 1. The molecule has 0 amide bonds. The number of aromatic hydroxyl groups is 1. The van der Waals surface area contributed by atoms with Gasteiger partial charge in [0, 0.05) is 16.5 Å². The highest BCUT2D eigenvalue weighted by atomic mass is 31.2. The van der Waals surface area contributed by atoms with Crippen LogP contribution in [0.4, 0.5) is 0 Å². The molecule has 0 spiro atoms. The third kappa shape index (κ3) is 4.11. The number of rotatable bonds is 7. The van der Waals surface area contributed by atoms with Gasteiger partial charge < -0.3 is 14.5 Å². The Hall–Kier alpha value is -1.87. The van der Waals surface area contributed by atoms with Crippen LogP contribution in [0.3, 0.4) is 0 Å². The van der Waals surface area contributed by atoms with E-state index in [1.807, 2.05) is 44.2 Å². The molecule has 0 saturated heterocycles. The summed E-state index contributed by atoms with van der Waals surface area (Å²) in [5, 5.41) is 10.2. The average molecular weight is 332 g/mol. The predicted octanol–water partition coefficient (Wildman–Crippen LogP) is 4.52. The smallest absolute Gasteiger partial charge is 0.394 e. The molecule has 0 aliphatic heterocycles. The second kappa shape index (κ2) is 7.60. The normalized spacial score (nSPS) is 12.7. The van der Waals surface area contributed by atoms with Crippen LogP contribution < -0.4 is 4.52 Å². The van der Waals surface area contributed by atoms with Gasteiger partial charge in [0.15, 0.2) is 0 Å². The highest BCUT2D eigenvalue weighted by molar-refractivity contribution is 7.41. The molecule has 0 aliphatic rings. The lowest BCUT2D eigenvalue weighted by atomic mass is 9.77. The van der Waals surface area contributed by atoms with E-state index < -0.39 is 14.0 Å². The summed E-state index contributed by atoms with van der Waals surface area (Å²) in [6, 6.07) is 14.6. The summed E-state index contributed by atoms with van der Waals surface area (Å²) in [5.74, 6) is 0.750. The lowest BCUT2D eigenvalue weighted by Gasteiger charge is -2.29. The second-order valence-electron chi connectivity index (χ2n) is 5.55. The van der Waals surface area contributed by atoms with Gasteiger partial charge in [-0.05, 0) is 12.1 Å². The number of para-hydroxylation sites is 2. The molecule has 1 atom stereocenters. The van der Waals surface area contributed by atoms with Gasteiger partial charge in [0.2, 0.25) is 0 Å². The van der Waals surface area contributed by atoms with Crippen LogP contribution in [-0.4, -0.2) is 16.6 Å². The van der Waals surface area contributed by atoms with E-state index in [9.17, 15) is 10.00 Å². The van der Waals surface area contributed by atoms with Crippen molar-refractivity contribution in [1.29, 1.82) is 0 Å². The molecule has 2 rings (SSSR count). The van der Waals surface area contributed by atoms with E-state index in [4.69, 9.17) is 9.05 Å². The molecule has 0 saturated carbocycles. The zero-order valence-electron chi connectivity index (χ0n) is 13.3. The minimum absolute atomic E-state index is 0.216. The average Bonchev–Trinajstić information content (AvgIpc) is 2.53. The molecule has 4 nitrogen and oxygen atoms in total. The zero-order chi connectivity index (χ0) is 16.9. The molecule has 2 N–H and O–H groups in total. The molecule has 0 bridgehead atoms. The Balaban J connectivity index is 2.36. The monoisotopic (exact) mass is 332 g/mol. The predicted molar refractivity (Wildman–Crippen MR) is 92.6 cm³/mol. The standard InChI is InChI=1S/C18H21O4P/c1-4-13-21-23(20)22-17-12-8-6-10-15(17)18(2,3)14-9-5-7-11-16(14)19/h4-12,19-20H,1,13H2,2-3H3. The van der Waals surface area contributed by atoms with Crippen molar-refractivity contribution in [3.05, 3.63) is 72.3 Å². The first kappa shape index (κ1) is 17.5. The molecule has 0 aromatic heterocycles. The zero-order valence-corrected chi connectivity index (χ0v) is 14.2. The maximum Gasteiger partial charge on any atom is 0.394 e. The first-order valence-corrected chi connectivity index (χ1v) is 8.38. The largest absolute Gasteiger partial charge is 0.508 e. The highest BCUT2D eigenvalue weighted by Crippen LogP contribution is 2.44. The Morgan fingerprint density at radius 3 is 2.35 bits per heavy atom. The van der Waals surface area contributed by atoms with Crippen LogP contribution in [0.1, 0.15) is 25.0 Å². The van der Waals surface area contributed by atoms with Gasteiger partial charge in [-0.25, -0.2) is 0 Å². The summed E-state index contributed by atoms with van der Waals surface area (Å²) in [5.41, 5.74) is 1.13. The second-order valence-corrected chi connectivity index (χ2v) is 6.47. The van der Waals surface area contributed by atoms with Crippen molar-refractivity contribution in [3.63, 3.8) is 0 Å². The van der Waals surface area contributed by atoms with Crippen LogP contribution in [0, 0.1) is 0 Å². The fourth-order valence-corrected chi connectivity index (χ4v) is 3.05. The van der Waals surface area contributed by atoms with E-state index in [1.165, 1.54) is 0 Å². The van der Waals surface area contributed by atoms with Crippen molar-refractivity contribution in [2.75, 3.05) is 6.61 Å². The minimum atomic E-state index is -2.04. The number of phenols is 1. The molecule has 1 unspecified atom stereocenters. The first-order chi connectivity index (χ1) is 11.0. The Morgan fingerprint density at radius 1 is 1.09 bits per heavy atom. The molecule has 0 fully saturated rings. The van der Waals surface area contributed by atoms with E-state index in [0.29, 0.717) is 5.75 Å². The quantitative estimate of drug-likeness (QED) is 0.578. The number of benzene rings is 2. The van der Waals surface area contributed by atoms with Crippen molar-refractivity contribution < 1.29 is 19.0 Å². The minimum Gasteiger partial charge on any atom is -0.508 e. The van der Waals surface area contributed by atoms with Crippen LogP contribution in [0.5, 0.6) is 11.5 Å². The fraction of sp³-hybridized carbons (Fsp3) is 0.222. The lowest BCUT2D eigenvalue weighted by molar-refractivity contribution is 0.286. The van der Waals surface area contributed by atoms with Crippen molar-refractivity contribution in [1.82, 2.24) is 0 Å². The van der Waals surface area contributed by atoms with E-state index >= 15 is 0 Å². The van der Waals surface area contributed by atoms with Gasteiger partial charge in [-0.3, -0.25) is 4.52 Å². The fourth-order valence-electron chi connectivity index (χ4n) is 2.44. The molecule has 0 heterocycles. The van der Waals surface area contributed by atoms with Crippen LogP contribution in [0.25, 0.3) is 0 Å². The van der Waals surface area contributed by atoms with Crippen molar-refractivity contribution in [2.24, 2.45) is 0 Å². The van der Waals surface area contributed by atoms with Crippen LogP contribution in [0.15, 0.2) is 61.2 Å². The SMILES string of the molecule is C=CCOP(O)Oc1ccccc1C(C)(C)c1ccccc1O. The van der Waals surface area contributed by atoms with E-state index in [1.54, 1.807) is 24.3 Å². The Labute approximate surface area is 138 Å². The number of hydrogen-bond donors (Lipinski definition) is 2. The molecule has 5 heteroatoms. The van der Waals surface area contributed by atoms with E-state index in [0.717, 1.165) is 11.1 Å². The summed E-state index contributed by atoms with van der Waals surface area (Å²) in [4.78, 5) is 9.87. The van der Waals surface area contributed by atoms with E-state index in [-0.39, 0.29) is 12.4 Å². The summed E-state index contributed by atoms with van der Waals surface area (Å²) < 4.78 is 10.7. The molecular formula is C18H21O4P. The maximum absolute atomic E-state index is 10.2. The highest BCUT2D eigenvalue weighted by Gasteiger charge is 2.29. The van der Waals surface area contributed by atoms with Gasteiger partial charge in [0.05, 0.1) is 6.61 Å². The lowest BCUT2D eigenvalue weighted by Crippen LogP contribution is -2.20. The van der Waals surface area contributed by atoms with Gasteiger partial charge >= 0.3 is 8.60 Å². The van der Waals surface area contributed by atoms with Crippen molar-refractivity contribution >= 4 is 8.60 Å². The van der Waals surface area contributed by atoms with Crippen molar-refractivity contribution in [3.8, 4) is 11.5 Å². The third-order valence-electron chi connectivity index (χ3n) is 3.62. The topological polar surface area (TPSA) is 58.9 Å². The molecule has 122 valence electrons. The first-order valence-electron chi connectivity index (χ1n) is 7.25. The summed E-state index contributed by atoms with van der Waals surface area (Å²) in [6.45, 7) is 7.74. The molecule has 2 aromatic rings. The Kier molecular flexibility index (Phi) is 5.78. The molecular weight excluding hydrogens is 311 g/mol. The Morgan fingerprint density at radius 2 is 1.70 bits per heavy atom. The maximum atomic E-state index is 10.2. The third-order valence-corrected chi connectivity index (χ3v) is 4.34. The molecule has 0 aliphatic carbocycles. The summed E-state index contributed by atoms with van der Waals surface area (Å²) in [7, 11) is -2.04.